The molecule has 1 aromatic rings. The average Bonchev–Trinajstić information content (AvgIpc) is 2.92. The van der Waals surface area contributed by atoms with Gasteiger partial charge in [0.15, 0.2) is 0 Å². The Labute approximate surface area is 81.9 Å². The van der Waals surface area contributed by atoms with Crippen molar-refractivity contribution < 1.29 is 9.18 Å². The van der Waals surface area contributed by atoms with Crippen molar-refractivity contribution in [3.8, 4) is 0 Å². The largest absolute Gasteiger partial charge is 0.366 e. The molecule has 1 radical (unpaired) electrons. The number of carbonyl (C=O) groups is 1. The molecule has 14 heavy (non-hydrogen) atoms. The van der Waals surface area contributed by atoms with Crippen molar-refractivity contribution >= 4 is 5.91 Å². The second-order valence-corrected chi connectivity index (χ2v) is 3.58. The minimum Gasteiger partial charge on any atom is -0.366 e. The van der Waals surface area contributed by atoms with Crippen LogP contribution in [0.1, 0.15) is 28.8 Å². The maximum absolute atomic E-state index is 13.6. The van der Waals surface area contributed by atoms with Crippen molar-refractivity contribution in [3.63, 3.8) is 0 Å². The van der Waals surface area contributed by atoms with E-state index in [0.29, 0.717) is 11.5 Å². The summed E-state index contributed by atoms with van der Waals surface area (Å²) in [4.78, 5) is 10.8. The van der Waals surface area contributed by atoms with Gasteiger partial charge in [-0.15, -0.1) is 0 Å². The number of benzene rings is 1. The predicted octanol–water partition coefficient (Wildman–Crippen LogP) is 1.89. The molecule has 2 N–H and O–H groups in total. The lowest BCUT2D eigenvalue weighted by Crippen LogP contribution is -2.14. The zero-order valence-electron chi connectivity index (χ0n) is 7.66. The highest BCUT2D eigenvalue weighted by Crippen LogP contribution is 2.35. The van der Waals surface area contributed by atoms with Gasteiger partial charge in [0.05, 0.1) is 5.56 Å². The highest BCUT2D eigenvalue weighted by atomic mass is 19.1. The lowest BCUT2D eigenvalue weighted by atomic mass is 10.0. The summed E-state index contributed by atoms with van der Waals surface area (Å²) in [5.74, 6) is -0.729. The molecular formula is C11H11FNO. The summed E-state index contributed by atoms with van der Waals surface area (Å²) < 4.78 is 13.6. The predicted molar refractivity (Wildman–Crippen MR) is 51.0 cm³/mol. The van der Waals surface area contributed by atoms with E-state index in [0.717, 1.165) is 12.8 Å². The van der Waals surface area contributed by atoms with E-state index in [1.807, 2.05) is 6.42 Å². The first-order chi connectivity index (χ1) is 6.68. The van der Waals surface area contributed by atoms with Crippen LogP contribution in [0, 0.1) is 18.2 Å². The molecule has 0 heterocycles. The molecule has 2 nitrogen and oxygen atoms in total. The number of halogens is 1. The molecule has 1 amide bonds. The molecule has 73 valence electrons. The summed E-state index contributed by atoms with van der Waals surface area (Å²) in [6.07, 6.45) is 4.09. The van der Waals surface area contributed by atoms with Gasteiger partial charge >= 0.3 is 0 Å². The summed E-state index contributed by atoms with van der Waals surface area (Å²) in [6.45, 7) is 0. The third kappa shape index (κ3) is 1.76. The van der Waals surface area contributed by atoms with Crippen LogP contribution in [0.25, 0.3) is 0 Å². The van der Waals surface area contributed by atoms with Gasteiger partial charge in [0.25, 0.3) is 5.91 Å². The molecule has 0 saturated heterocycles. The molecule has 0 atom stereocenters. The molecule has 0 spiro atoms. The van der Waals surface area contributed by atoms with Gasteiger partial charge in [0.2, 0.25) is 0 Å². The van der Waals surface area contributed by atoms with Crippen molar-refractivity contribution in [3.05, 3.63) is 41.6 Å². The number of amides is 1. The molecule has 0 aromatic heterocycles. The van der Waals surface area contributed by atoms with Gasteiger partial charge in [-0.1, -0.05) is 12.1 Å². The summed E-state index contributed by atoms with van der Waals surface area (Å²) >= 11 is 0. The van der Waals surface area contributed by atoms with E-state index in [4.69, 9.17) is 5.73 Å². The average molecular weight is 192 g/mol. The van der Waals surface area contributed by atoms with Gasteiger partial charge < -0.3 is 5.73 Å². The van der Waals surface area contributed by atoms with Crippen LogP contribution in [0.3, 0.4) is 0 Å². The summed E-state index contributed by atoms with van der Waals surface area (Å²) in [5, 5.41) is 0. The van der Waals surface area contributed by atoms with Crippen LogP contribution >= 0.6 is 0 Å². The normalized spacial score (nSPS) is 15.5. The Bertz CT molecular complexity index is 372. The van der Waals surface area contributed by atoms with E-state index < -0.39 is 11.7 Å². The van der Waals surface area contributed by atoms with Gasteiger partial charge in [0.1, 0.15) is 5.82 Å². The van der Waals surface area contributed by atoms with E-state index in [1.54, 1.807) is 12.1 Å². The Hall–Kier alpha value is -1.38. The topological polar surface area (TPSA) is 43.1 Å². The van der Waals surface area contributed by atoms with Crippen molar-refractivity contribution in [1.29, 1.82) is 0 Å². The molecule has 1 aliphatic carbocycles. The van der Waals surface area contributed by atoms with Gasteiger partial charge in [-0.2, -0.15) is 0 Å². The minimum absolute atomic E-state index is 0.0283. The maximum atomic E-state index is 13.6. The van der Waals surface area contributed by atoms with Crippen molar-refractivity contribution in [2.75, 3.05) is 0 Å². The van der Waals surface area contributed by atoms with Crippen molar-refractivity contribution in [2.45, 2.75) is 12.8 Å². The maximum Gasteiger partial charge on any atom is 0.251 e. The molecule has 0 aliphatic heterocycles. The van der Waals surface area contributed by atoms with Crippen molar-refractivity contribution in [1.82, 2.24) is 0 Å². The number of nitrogens with two attached hydrogens (primary N) is 1. The molecule has 1 saturated carbocycles. The first-order valence-corrected chi connectivity index (χ1v) is 4.61. The van der Waals surface area contributed by atoms with Gasteiger partial charge in [-0.05, 0) is 36.8 Å². The van der Waals surface area contributed by atoms with E-state index in [1.165, 1.54) is 6.07 Å². The van der Waals surface area contributed by atoms with Crippen LogP contribution in [0.2, 0.25) is 0 Å². The minimum atomic E-state index is -0.714. The highest BCUT2D eigenvalue weighted by Gasteiger charge is 2.24. The molecule has 0 bridgehead atoms. The van der Waals surface area contributed by atoms with E-state index in [9.17, 15) is 9.18 Å². The zero-order chi connectivity index (χ0) is 10.1. The number of hydrogen-bond donors (Lipinski definition) is 1. The fourth-order valence-corrected chi connectivity index (χ4v) is 1.39. The van der Waals surface area contributed by atoms with E-state index in [-0.39, 0.29) is 5.56 Å². The number of hydrogen-bond acceptors (Lipinski definition) is 1. The van der Waals surface area contributed by atoms with Crippen LogP contribution in [-0.2, 0) is 0 Å². The molecule has 1 fully saturated rings. The fraction of sp³-hybridized carbons (Fsp3) is 0.273. The Morgan fingerprint density at radius 1 is 1.50 bits per heavy atom. The van der Waals surface area contributed by atoms with Gasteiger partial charge in [-0.25, -0.2) is 4.39 Å². The van der Waals surface area contributed by atoms with Crippen LogP contribution in [0.15, 0.2) is 18.2 Å². The Morgan fingerprint density at radius 2 is 2.21 bits per heavy atom. The SMILES string of the molecule is NC(=O)c1cccc([CH]C2CC2)c1F. The van der Waals surface area contributed by atoms with Crippen LogP contribution < -0.4 is 5.73 Å². The van der Waals surface area contributed by atoms with E-state index >= 15 is 0 Å². The fourth-order valence-electron chi connectivity index (χ4n) is 1.39. The highest BCUT2D eigenvalue weighted by molar-refractivity contribution is 5.93. The molecule has 1 aromatic carbocycles. The number of rotatable bonds is 3. The summed E-state index contributed by atoms with van der Waals surface area (Å²) in [6, 6.07) is 4.72. The Morgan fingerprint density at radius 3 is 2.79 bits per heavy atom. The monoisotopic (exact) mass is 192 g/mol. The van der Waals surface area contributed by atoms with Crippen LogP contribution in [0.4, 0.5) is 4.39 Å². The lowest BCUT2D eigenvalue weighted by Gasteiger charge is -2.04. The number of primary amides is 1. The first kappa shape index (κ1) is 9.19. The summed E-state index contributed by atoms with van der Waals surface area (Å²) in [5.41, 5.74) is 5.50. The molecule has 0 unspecified atom stereocenters. The first-order valence-electron chi connectivity index (χ1n) is 4.61. The Balaban J connectivity index is 2.30. The lowest BCUT2D eigenvalue weighted by molar-refractivity contribution is 0.0996. The third-order valence-corrected chi connectivity index (χ3v) is 2.33. The van der Waals surface area contributed by atoms with Crippen LogP contribution in [0.5, 0.6) is 0 Å². The standard InChI is InChI=1S/C11H11FNO/c12-10-8(6-7-4-5-7)2-1-3-9(10)11(13)14/h1-3,6-7H,4-5H2,(H2,13,14). The Kier molecular flexibility index (Phi) is 2.23. The molecule has 3 heteroatoms. The smallest absolute Gasteiger partial charge is 0.251 e. The van der Waals surface area contributed by atoms with Gasteiger partial charge in [0, 0.05) is 0 Å². The van der Waals surface area contributed by atoms with Crippen LogP contribution in [-0.4, -0.2) is 5.91 Å². The zero-order valence-corrected chi connectivity index (χ0v) is 7.66. The van der Waals surface area contributed by atoms with E-state index in [2.05, 4.69) is 0 Å². The second-order valence-electron chi connectivity index (χ2n) is 3.58. The molecule has 2 rings (SSSR count). The number of carbonyl (C=O) groups excluding carboxylic acids is 1. The van der Waals surface area contributed by atoms with Crippen molar-refractivity contribution in [2.24, 2.45) is 11.7 Å². The second kappa shape index (κ2) is 3.40. The summed E-state index contributed by atoms with van der Waals surface area (Å²) in [7, 11) is 0. The van der Waals surface area contributed by atoms with Gasteiger partial charge in [-0.3, -0.25) is 4.79 Å². The quantitative estimate of drug-likeness (QED) is 0.780. The molecular weight excluding hydrogens is 181 g/mol. The molecule has 1 aliphatic rings. The third-order valence-electron chi connectivity index (χ3n) is 2.33.